The number of aryl methyl sites for hydroxylation is 1. The molecule has 0 fully saturated rings. The topological polar surface area (TPSA) is 70.5 Å². The van der Waals surface area contributed by atoms with Crippen LogP contribution in [0.2, 0.25) is 0 Å². The number of nitrogen functional groups attached to an aromatic ring is 1. The Kier molecular flexibility index (Phi) is 3.26. The first-order valence-electron chi connectivity index (χ1n) is 6.70. The van der Waals surface area contributed by atoms with Gasteiger partial charge in [0, 0.05) is 11.5 Å². The first kappa shape index (κ1) is 12.8. The fourth-order valence-electron chi connectivity index (χ4n) is 2.92. The quantitative estimate of drug-likeness (QED) is 0.931. The summed E-state index contributed by atoms with van der Waals surface area (Å²) in [6.07, 6.45) is 3.05. The fourth-order valence-corrected chi connectivity index (χ4v) is 2.92. The van der Waals surface area contributed by atoms with E-state index in [2.05, 4.69) is 5.16 Å². The molecule has 0 spiro atoms. The van der Waals surface area contributed by atoms with Crippen molar-refractivity contribution in [2.75, 3.05) is 20.0 Å². The molecule has 1 unspecified atom stereocenters. The molecule has 0 saturated heterocycles. The molecule has 1 aromatic heterocycles. The number of fused-ring (bicyclic) bond motifs is 1. The van der Waals surface area contributed by atoms with E-state index in [0.717, 1.165) is 47.6 Å². The maximum atomic E-state index is 5.93. The van der Waals surface area contributed by atoms with Gasteiger partial charge in [-0.05, 0) is 37.0 Å². The number of hydrogen-bond acceptors (Lipinski definition) is 5. The van der Waals surface area contributed by atoms with Crippen LogP contribution in [-0.2, 0) is 6.42 Å². The van der Waals surface area contributed by atoms with Crippen molar-refractivity contribution in [3.8, 4) is 11.5 Å². The van der Waals surface area contributed by atoms with Gasteiger partial charge in [0.1, 0.15) is 0 Å². The van der Waals surface area contributed by atoms with Crippen molar-refractivity contribution in [2.45, 2.75) is 25.2 Å². The van der Waals surface area contributed by atoms with Gasteiger partial charge in [-0.3, -0.25) is 0 Å². The predicted octanol–water partition coefficient (Wildman–Crippen LogP) is 2.74. The van der Waals surface area contributed by atoms with E-state index in [9.17, 15) is 0 Å². The Morgan fingerprint density at radius 1 is 1.25 bits per heavy atom. The second kappa shape index (κ2) is 5.07. The third-order valence-electron chi connectivity index (χ3n) is 3.90. The molecular formula is C15H18N2O3. The van der Waals surface area contributed by atoms with Crippen LogP contribution >= 0.6 is 0 Å². The highest BCUT2D eigenvalue weighted by Gasteiger charge is 2.28. The number of nitrogens with two attached hydrogens (primary N) is 1. The highest BCUT2D eigenvalue weighted by Crippen LogP contribution is 2.41. The SMILES string of the molecule is COc1ccc(C2CCCc3noc(N)c32)cc1OC. The minimum Gasteiger partial charge on any atom is -0.493 e. The molecule has 0 amide bonds. The third kappa shape index (κ3) is 1.99. The Morgan fingerprint density at radius 3 is 2.80 bits per heavy atom. The van der Waals surface area contributed by atoms with Crippen LogP contribution in [0.15, 0.2) is 22.7 Å². The Bertz CT molecular complexity index is 622. The van der Waals surface area contributed by atoms with Gasteiger partial charge in [-0.2, -0.15) is 0 Å². The molecular weight excluding hydrogens is 256 g/mol. The summed E-state index contributed by atoms with van der Waals surface area (Å²) in [7, 11) is 3.27. The summed E-state index contributed by atoms with van der Waals surface area (Å²) in [6.45, 7) is 0. The molecule has 1 aliphatic carbocycles. The minimum absolute atomic E-state index is 0.213. The predicted molar refractivity (Wildman–Crippen MR) is 75.2 cm³/mol. The fraction of sp³-hybridized carbons (Fsp3) is 0.400. The summed E-state index contributed by atoms with van der Waals surface area (Å²) in [5, 5.41) is 4.05. The second-order valence-electron chi connectivity index (χ2n) is 4.97. The van der Waals surface area contributed by atoms with E-state index in [0.29, 0.717) is 5.88 Å². The number of aromatic nitrogens is 1. The number of hydrogen-bond donors (Lipinski definition) is 1. The van der Waals surface area contributed by atoms with Crippen LogP contribution < -0.4 is 15.2 Å². The van der Waals surface area contributed by atoms with Gasteiger partial charge < -0.3 is 19.7 Å². The molecule has 0 radical (unpaired) electrons. The van der Waals surface area contributed by atoms with Crippen molar-refractivity contribution in [3.63, 3.8) is 0 Å². The van der Waals surface area contributed by atoms with Crippen LogP contribution in [0.1, 0.15) is 35.6 Å². The number of anilines is 1. The number of ether oxygens (including phenoxy) is 2. The summed E-state index contributed by atoms with van der Waals surface area (Å²) in [5.74, 6) is 2.10. The highest BCUT2D eigenvalue weighted by atomic mass is 16.5. The van der Waals surface area contributed by atoms with Gasteiger partial charge in [-0.1, -0.05) is 11.2 Å². The lowest BCUT2D eigenvalue weighted by Crippen LogP contribution is -2.11. The molecule has 1 atom stereocenters. The Balaban J connectivity index is 2.04. The van der Waals surface area contributed by atoms with Crippen molar-refractivity contribution in [1.82, 2.24) is 5.16 Å². The molecule has 0 bridgehead atoms. The van der Waals surface area contributed by atoms with Gasteiger partial charge in [0.25, 0.3) is 0 Å². The van der Waals surface area contributed by atoms with Gasteiger partial charge in [-0.15, -0.1) is 0 Å². The van der Waals surface area contributed by atoms with E-state index in [1.165, 1.54) is 0 Å². The molecule has 20 heavy (non-hydrogen) atoms. The largest absolute Gasteiger partial charge is 0.493 e. The Morgan fingerprint density at radius 2 is 2.05 bits per heavy atom. The van der Waals surface area contributed by atoms with Gasteiger partial charge in [0.05, 0.1) is 19.9 Å². The maximum Gasteiger partial charge on any atom is 0.226 e. The van der Waals surface area contributed by atoms with Crippen molar-refractivity contribution in [3.05, 3.63) is 35.0 Å². The van der Waals surface area contributed by atoms with Crippen molar-refractivity contribution in [2.24, 2.45) is 0 Å². The molecule has 1 aliphatic rings. The van der Waals surface area contributed by atoms with Crippen LogP contribution in [0.3, 0.4) is 0 Å². The van der Waals surface area contributed by atoms with Crippen LogP contribution in [0, 0.1) is 0 Å². The van der Waals surface area contributed by atoms with E-state index >= 15 is 0 Å². The Labute approximate surface area is 117 Å². The van der Waals surface area contributed by atoms with Gasteiger partial charge in [-0.25, -0.2) is 0 Å². The van der Waals surface area contributed by atoms with Crippen LogP contribution in [-0.4, -0.2) is 19.4 Å². The first-order chi connectivity index (χ1) is 9.74. The maximum absolute atomic E-state index is 5.93. The normalized spacial score (nSPS) is 17.6. The Hall–Kier alpha value is -2.17. The average Bonchev–Trinajstić information content (AvgIpc) is 2.88. The number of methoxy groups -OCH3 is 2. The van der Waals surface area contributed by atoms with Gasteiger partial charge in [0.2, 0.25) is 5.88 Å². The monoisotopic (exact) mass is 274 g/mol. The standard InChI is InChI=1S/C15H18N2O3/c1-18-12-7-6-9(8-13(12)19-2)10-4-3-5-11-14(10)15(16)20-17-11/h6-8,10H,3-5,16H2,1-2H3. The van der Waals surface area contributed by atoms with Crippen LogP contribution in [0.25, 0.3) is 0 Å². The number of rotatable bonds is 3. The van der Waals surface area contributed by atoms with E-state index < -0.39 is 0 Å². The van der Waals surface area contributed by atoms with Gasteiger partial charge in [0.15, 0.2) is 11.5 Å². The lowest BCUT2D eigenvalue weighted by atomic mass is 9.81. The smallest absolute Gasteiger partial charge is 0.226 e. The summed E-state index contributed by atoms with van der Waals surface area (Å²) >= 11 is 0. The first-order valence-corrected chi connectivity index (χ1v) is 6.70. The van der Waals surface area contributed by atoms with Crippen molar-refractivity contribution in [1.29, 1.82) is 0 Å². The summed E-state index contributed by atoms with van der Waals surface area (Å²) < 4.78 is 15.8. The zero-order valence-electron chi connectivity index (χ0n) is 11.7. The van der Waals surface area contributed by atoms with E-state index in [4.69, 9.17) is 19.7 Å². The number of nitrogens with zero attached hydrogens (tertiary/aromatic N) is 1. The van der Waals surface area contributed by atoms with E-state index in [1.54, 1.807) is 14.2 Å². The molecule has 2 aromatic rings. The minimum atomic E-state index is 0.213. The lowest BCUT2D eigenvalue weighted by Gasteiger charge is -2.22. The van der Waals surface area contributed by atoms with Crippen molar-refractivity contribution >= 4 is 5.88 Å². The zero-order valence-corrected chi connectivity index (χ0v) is 11.7. The van der Waals surface area contributed by atoms with Crippen LogP contribution in [0.5, 0.6) is 11.5 Å². The molecule has 1 aromatic carbocycles. The summed E-state index contributed by atoms with van der Waals surface area (Å²) in [4.78, 5) is 0. The molecule has 1 heterocycles. The molecule has 3 rings (SSSR count). The third-order valence-corrected chi connectivity index (χ3v) is 3.90. The lowest BCUT2D eigenvalue weighted by molar-refractivity contribution is 0.354. The molecule has 0 saturated carbocycles. The average molecular weight is 274 g/mol. The van der Waals surface area contributed by atoms with Crippen LogP contribution in [0.4, 0.5) is 5.88 Å². The highest BCUT2D eigenvalue weighted by molar-refractivity contribution is 5.51. The summed E-state index contributed by atoms with van der Waals surface area (Å²) in [6, 6.07) is 5.98. The van der Waals surface area contributed by atoms with Crippen molar-refractivity contribution < 1.29 is 14.0 Å². The molecule has 106 valence electrons. The molecule has 5 heteroatoms. The second-order valence-corrected chi connectivity index (χ2v) is 4.97. The number of benzene rings is 1. The molecule has 2 N–H and O–H groups in total. The van der Waals surface area contributed by atoms with E-state index in [1.807, 2.05) is 18.2 Å². The summed E-state index contributed by atoms with van der Waals surface area (Å²) in [5.41, 5.74) is 9.09. The van der Waals surface area contributed by atoms with Gasteiger partial charge >= 0.3 is 0 Å². The molecule has 5 nitrogen and oxygen atoms in total. The zero-order chi connectivity index (χ0) is 14.1. The molecule has 0 aliphatic heterocycles. The van der Waals surface area contributed by atoms with E-state index in [-0.39, 0.29) is 5.92 Å².